The Kier molecular flexibility index (Phi) is 4.78. The molecule has 1 aliphatic rings. The van der Waals surface area contributed by atoms with Crippen LogP contribution in [-0.2, 0) is 9.53 Å². The van der Waals surface area contributed by atoms with E-state index in [1.54, 1.807) is 7.05 Å². The molecule has 1 rings (SSSR count). The van der Waals surface area contributed by atoms with Crippen LogP contribution in [-0.4, -0.2) is 49.2 Å². The van der Waals surface area contributed by atoms with E-state index in [2.05, 4.69) is 24.1 Å². The zero-order valence-electron chi connectivity index (χ0n) is 12.7. The molecule has 0 aliphatic carbocycles. The predicted octanol–water partition coefficient (Wildman–Crippen LogP) is 1.65. The van der Waals surface area contributed by atoms with Gasteiger partial charge in [0.1, 0.15) is 0 Å². The highest BCUT2D eigenvalue weighted by atomic mass is 16.5. The number of nitrogens with zero attached hydrogens (tertiary/aromatic N) is 1. The fraction of sp³-hybridized carbons (Fsp3) is 0.929. The molecular formula is C14H28N2O2. The van der Waals surface area contributed by atoms with Crippen molar-refractivity contribution in [2.45, 2.75) is 51.7 Å². The number of likely N-dealkylation sites (N-methyl/N-ethyl adjacent to an activating group) is 2. The number of carbonyl (C=O) groups excluding carboxylic acids is 1. The molecule has 0 aromatic carbocycles. The lowest BCUT2D eigenvalue weighted by Crippen LogP contribution is -2.54. The number of amides is 1. The highest BCUT2D eigenvalue weighted by Crippen LogP contribution is 2.30. The maximum atomic E-state index is 11.9. The molecule has 0 unspecified atom stereocenters. The van der Waals surface area contributed by atoms with Crippen molar-refractivity contribution in [2.24, 2.45) is 5.92 Å². The second-order valence-corrected chi connectivity index (χ2v) is 6.49. The highest BCUT2D eigenvalue weighted by Gasteiger charge is 2.35. The summed E-state index contributed by atoms with van der Waals surface area (Å²) in [5, 5.41) is 2.73. The molecule has 0 radical (unpaired) electrons. The number of rotatable bonds is 4. The summed E-state index contributed by atoms with van der Waals surface area (Å²) in [7, 11) is 3.72. The van der Waals surface area contributed by atoms with Crippen LogP contribution in [0.1, 0.15) is 40.5 Å². The lowest BCUT2D eigenvalue weighted by molar-refractivity contribution is -0.131. The Balaban J connectivity index is 2.59. The van der Waals surface area contributed by atoms with Crippen LogP contribution >= 0.6 is 0 Å². The van der Waals surface area contributed by atoms with Crippen LogP contribution < -0.4 is 5.32 Å². The van der Waals surface area contributed by atoms with Crippen molar-refractivity contribution in [3.05, 3.63) is 0 Å². The fourth-order valence-corrected chi connectivity index (χ4v) is 2.61. The molecule has 1 atom stereocenters. The highest BCUT2D eigenvalue weighted by molar-refractivity contribution is 5.85. The molecule has 106 valence electrons. The van der Waals surface area contributed by atoms with E-state index in [1.165, 1.54) is 0 Å². The molecule has 1 heterocycles. The average Bonchev–Trinajstić information content (AvgIpc) is 2.26. The van der Waals surface area contributed by atoms with Gasteiger partial charge >= 0.3 is 0 Å². The molecule has 0 spiro atoms. The summed E-state index contributed by atoms with van der Waals surface area (Å²) in [6.45, 7) is 9.98. The van der Waals surface area contributed by atoms with Crippen LogP contribution in [0.2, 0.25) is 0 Å². The van der Waals surface area contributed by atoms with Crippen LogP contribution in [0.4, 0.5) is 0 Å². The normalized spacial score (nSPS) is 24.1. The fourth-order valence-electron chi connectivity index (χ4n) is 2.61. The molecule has 1 amide bonds. The third-order valence-corrected chi connectivity index (χ3v) is 4.07. The molecule has 4 nitrogen and oxygen atoms in total. The molecule has 0 bridgehead atoms. The maximum absolute atomic E-state index is 11.9. The quantitative estimate of drug-likeness (QED) is 0.831. The molecule has 1 saturated heterocycles. The van der Waals surface area contributed by atoms with E-state index in [4.69, 9.17) is 4.74 Å². The van der Waals surface area contributed by atoms with Crippen molar-refractivity contribution in [1.82, 2.24) is 10.2 Å². The molecule has 1 aliphatic heterocycles. The zero-order chi connectivity index (χ0) is 14.0. The molecule has 1 fully saturated rings. The third-order valence-electron chi connectivity index (χ3n) is 4.07. The van der Waals surface area contributed by atoms with Crippen LogP contribution in [0, 0.1) is 5.92 Å². The monoisotopic (exact) mass is 256 g/mol. The zero-order valence-corrected chi connectivity index (χ0v) is 12.7. The first-order valence-corrected chi connectivity index (χ1v) is 6.76. The lowest BCUT2D eigenvalue weighted by Gasteiger charge is -2.40. The number of carbonyl (C=O) groups is 1. The Hall–Kier alpha value is -0.610. The van der Waals surface area contributed by atoms with Gasteiger partial charge < -0.3 is 10.1 Å². The third kappa shape index (κ3) is 3.69. The summed E-state index contributed by atoms with van der Waals surface area (Å²) in [6.07, 6.45) is 2.14. The largest absolute Gasteiger partial charge is 0.376 e. The minimum atomic E-state index is -0.461. The second-order valence-electron chi connectivity index (χ2n) is 6.49. The van der Waals surface area contributed by atoms with Crippen molar-refractivity contribution in [3.8, 4) is 0 Å². The van der Waals surface area contributed by atoms with Gasteiger partial charge in [0.05, 0.1) is 11.1 Å². The summed E-state index contributed by atoms with van der Waals surface area (Å²) in [4.78, 5) is 14.0. The van der Waals surface area contributed by atoms with Crippen molar-refractivity contribution in [1.29, 1.82) is 0 Å². The van der Waals surface area contributed by atoms with Crippen molar-refractivity contribution >= 4 is 5.91 Å². The minimum Gasteiger partial charge on any atom is -0.376 e. The summed E-state index contributed by atoms with van der Waals surface area (Å²) >= 11 is 0. The molecule has 0 aromatic heterocycles. The van der Waals surface area contributed by atoms with E-state index in [1.807, 2.05) is 20.9 Å². The van der Waals surface area contributed by atoms with Gasteiger partial charge in [-0.3, -0.25) is 9.69 Å². The number of hydrogen-bond donors (Lipinski definition) is 1. The van der Waals surface area contributed by atoms with Crippen LogP contribution in [0.5, 0.6) is 0 Å². The van der Waals surface area contributed by atoms with Crippen molar-refractivity contribution in [2.75, 3.05) is 27.2 Å². The standard InChI is InChI=1S/C14H28N2O2/c1-13(2)9-11(7-8-18-13)10-16(6)14(3,4)12(17)15-5/h11H,7-10H2,1-6H3,(H,15,17)/t11-/m0/s1. The topological polar surface area (TPSA) is 41.6 Å². The summed E-state index contributed by atoms with van der Waals surface area (Å²) < 4.78 is 5.73. The molecule has 18 heavy (non-hydrogen) atoms. The van der Waals surface area contributed by atoms with Gasteiger partial charge in [0.2, 0.25) is 5.91 Å². The number of ether oxygens (including phenoxy) is 1. The van der Waals surface area contributed by atoms with E-state index in [0.717, 1.165) is 26.0 Å². The molecule has 0 aromatic rings. The summed E-state index contributed by atoms with van der Waals surface area (Å²) in [6, 6.07) is 0. The van der Waals surface area contributed by atoms with Gasteiger partial charge in [-0.25, -0.2) is 0 Å². The number of hydrogen-bond acceptors (Lipinski definition) is 3. The minimum absolute atomic E-state index is 0.0269. The number of nitrogens with one attached hydrogen (secondary N) is 1. The van der Waals surface area contributed by atoms with E-state index >= 15 is 0 Å². The Morgan fingerprint density at radius 1 is 1.50 bits per heavy atom. The van der Waals surface area contributed by atoms with Crippen LogP contribution in [0.25, 0.3) is 0 Å². The second kappa shape index (κ2) is 5.57. The van der Waals surface area contributed by atoms with E-state index in [0.29, 0.717) is 5.92 Å². The van der Waals surface area contributed by atoms with Crippen LogP contribution in [0.3, 0.4) is 0 Å². The molecule has 0 saturated carbocycles. The lowest BCUT2D eigenvalue weighted by atomic mass is 9.87. The smallest absolute Gasteiger partial charge is 0.239 e. The van der Waals surface area contributed by atoms with Gasteiger partial charge in [0.15, 0.2) is 0 Å². The van der Waals surface area contributed by atoms with Crippen molar-refractivity contribution < 1.29 is 9.53 Å². The average molecular weight is 256 g/mol. The van der Waals surface area contributed by atoms with Gasteiger partial charge in [0, 0.05) is 20.2 Å². The van der Waals surface area contributed by atoms with E-state index < -0.39 is 5.54 Å². The van der Waals surface area contributed by atoms with Crippen molar-refractivity contribution in [3.63, 3.8) is 0 Å². The SMILES string of the molecule is CNC(=O)C(C)(C)N(C)C[C@H]1CCOC(C)(C)C1. The first-order valence-electron chi connectivity index (χ1n) is 6.76. The first kappa shape index (κ1) is 15.4. The van der Waals surface area contributed by atoms with Gasteiger partial charge in [-0.15, -0.1) is 0 Å². The van der Waals surface area contributed by atoms with Crippen LogP contribution in [0.15, 0.2) is 0 Å². The van der Waals surface area contributed by atoms with Gasteiger partial charge in [-0.2, -0.15) is 0 Å². The van der Waals surface area contributed by atoms with Gasteiger partial charge in [-0.1, -0.05) is 0 Å². The van der Waals surface area contributed by atoms with E-state index in [9.17, 15) is 4.79 Å². The molecule has 1 N–H and O–H groups in total. The Bertz CT molecular complexity index is 300. The summed E-state index contributed by atoms with van der Waals surface area (Å²) in [5.74, 6) is 0.666. The summed E-state index contributed by atoms with van der Waals surface area (Å²) in [5.41, 5.74) is -0.488. The Morgan fingerprint density at radius 3 is 2.61 bits per heavy atom. The molecule has 4 heteroatoms. The predicted molar refractivity (Wildman–Crippen MR) is 73.5 cm³/mol. The van der Waals surface area contributed by atoms with Gasteiger partial charge in [-0.05, 0) is 53.5 Å². The maximum Gasteiger partial charge on any atom is 0.239 e. The van der Waals surface area contributed by atoms with E-state index in [-0.39, 0.29) is 11.5 Å². The van der Waals surface area contributed by atoms with Gasteiger partial charge in [0.25, 0.3) is 0 Å². The first-order chi connectivity index (χ1) is 8.19. The Labute approximate surface area is 111 Å². The molecular weight excluding hydrogens is 228 g/mol. The Morgan fingerprint density at radius 2 is 2.11 bits per heavy atom.